The SMILES string of the molecule is COc1ccc(Br)cc1S(=O)(=O)NCC1(OC)CCC1. The molecule has 0 heterocycles. The van der Waals surface area contributed by atoms with Gasteiger partial charge in [0.1, 0.15) is 10.6 Å². The molecule has 1 aliphatic rings. The first-order chi connectivity index (χ1) is 9.42. The highest BCUT2D eigenvalue weighted by Gasteiger charge is 2.38. The number of sulfonamides is 1. The molecule has 2 rings (SSSR count). The van der Waals surface area contributed by atoms with E-state index in [1.54, 1.807) is 19.2 Å². The zero-order valence-corrected chi connectivity index (χ0v) is 13.9. The molecule has 112 valence electrons. The van der Waals surface area contributed by atoms with E-state index in [9.17, 15) is 8.42 Å². The molecule has 1 aromatic rings. The molecule has 0 saturated heterocycles. The third-order valence-electron chi connectivity index (χ3n) is 3.70. The highest BCUT2D eigenvalue weighted by molar-refractivity contribution is 9.10. The van der Waals surface area contributed by atoms with Gasteiger partial charge in [0.2, 0.25) is 10.0 Å². The van der Waals surface area contributed by atoms with Crippen LogP contribution in [0, 0.1) is 0 Å². The summed E-state index contributed by atoms with van der Waals surface area (Å²) in [5.74, 6) is 0.320. The van der Waals surface area contributed by atoms with E-state index in [0.717, 1.165) is 19.3 Å². The predicted molar refractivity (Wildman–Crippen MR) is 79.5 cm³/mol. The lowest BCUT2D eigenvalue weighted by molar-refractivity contribution is -0.0659. The maximum atomic E-state index is 12.4. The lowest BCUT2D eigenvalue weighted by Gasteiger charge is -2.40. The Labute approximate surface area is 127 Å². The van der Waals surface area contributed by atoms with Gasteiger partial charge in [0, 0.05) is 18.1 Å². The highest BCUT2D eigenvalue weighted by Crippen LogP contribution is 2.35. The van der Waals surface area contributed by atoms with Gasteiger partial charge in [-0.05, 0) is 37.5 Å². The number of methoxy groups -OCH3 is 2. The third-order valence-corrected chi connectivity index (χ3v) is 5.61. The zero-order valence-electron chi connectivity index (χ0n) is 11.5. The molecule has 1 N–H and O–H groups in total. The van der Waals surface area contributed by atoms with Crippen LogP contribution in [0.15, 0.2) is 27.6 Å². The van der Waals surface area contributed by atoms with E-state index in [1.807, 2.05) is 0 Å². The van der Waals surface area contributed by atoms with Gasteiger partial charge >= 0.3 is 0 Å². The molecule has 0 atom stereocenters. The van der Waals surface area contributed by atoms with Gasteiger partial charge in [-0.3, -0.25) is 0 Å². The van der Waals surface area contributed by atoms with E-state index < -0.39 is 10.0 Å². The Balaban J connectivity index is 2.20. The third kappa shape index (κ3) is 3.16. The summed E-state index contributed by atoms with van der Waals surface area (Å²) in [6.07, 6.45) is 2.82. The van der Waals surface area contributed by atoms with E-state index in [-0.39, 0.29) is 17.0 Å². The summed E-state index contributed by atoms with van der Waals surface area (Å²) in [6.45, 7) is 0.279. The number of halogens is 1. The van der Waals surface area contributed by atoms with Crippen LogP contribution < -0.4 is 9.46 Å². The Morgan fingerprint density at radius 2 is 2.05 bits per heavy atom. The zero-order chi connectivity index (χ0) is 14.8. The van der Waals surface area contributed by atoms with Crippen molar-refractivity contribution in [1.29, 1.82) is 0 Å². The van der Waals surface area contributed by atoms with Gasteiger partial charge in [-0.1, -0.05) is 15.9 Å². The Kier molecular flexibility index (Phi) is 4.73. The molecule has 0 aromatic heterocycles. The van der Waals surface area contributed by atoms with Crippen molar-refractivity contribution in [3.8, 4) is 5.75 Å². The second-order valence-corrected chi connectivity index (χ2v) is 7.51. The number of benzene rings is 1. The van der Waals surface area contributed by atoms with Crippen molar-refractivity contribution in [3.63, 3.8) is 0 Å². The second kappa shape index (κ2) is 6.01. The molecule has 0 amide bonds. The van der Waals surface area contributed by atoms with Crippen molar-refractivity contribution >= 4 is 26.0 Å². The molecular formula is C13H18BrNO4S. The molecule has 1 saturated carbocycles. The van der Waals surface area contributed by atoms with Gasteiger partial charge in [0.15, 0.2) is 0 Å². The molecular weight excluding hydrogens is 346 g/mol. The molecule has 7 heteroatoms. The van der Waals surface area contributed by atoms with E-state index in [0.29, 0.717) is 10.2 Å². The molecule has 1 aliphatic carbocycles. The highest BCUT2D eigenvalue weighted by atomic mass is 79.9. The van der Waals surface area contributed by atoms with Gasteiger partial charge in [-0.25, -0.2) is 13.1 Å². The minimum absolute atomic E-state index is 0.125. The topological polar surface area (TPSA) is 64.6 Å². The van der Waals surface area contributed by atoms with Gasteiger partial charge in [-0.2, -0.15) is 0 Å². The average molecular weight is 364 g/mol. The van der Waals surface area contributed by atoms with Gasteiger partial charge < -0.3 is 9.47 Å². The van der Waals surface area contributed by atoms with Crippen LogP contribution >= 0.6 is 15.9 Å². The summed E-state index contributed by atoms with van der Waals surface area (Å²) < 4.78 is 38.6. The molecule has 5 nitrogen and oxygen atoms in total. The Morgan fingerprint density at radius 3 is 2.55 bits per heavy atom. The quantitative estimate of drug-likeness (QED) is 0.841. The van der Waals surface area contributed by atoms with Crippen LogP contribution in [0.25, 0.3) is 0 Å². The van der Waals surface area contributed by atoms with Gasteiger partial charge in [0.05, 0.1) is 12.7 Å². The summed E-state index contributed by atoms with van der Waals surface area (Å²) in [7, 11) is -0.563. The summed E-state index contributed by atoms with van der Waals surface area (Å²) in [5.41, 5.74) is -0.355. The van der Waals surface area contributed by atoms with Crippen molar-refractivity contribution in [2.24, 2.45) is 0 Å². The molecule has 0 radical (unpaired) electrons. The number of ether oxygens (including phenoxy) is 2. The monoisotopic (exact) mass is 363 g/mol. The maximum absolute atomic E-state index is 12.4. The van der Waals surface area contributed by atoms with E-state index in [1.165, 1.54) is 13.2 Å². The minimum Gasteiger partial charge on any atom is -0.495 e. The van der Waals surface area contributed by atoms with Crippen molar-refractivity contribution in [2.45, 2.75) is 29.8 Å². The Bertz CT molecular complexity index is 579. The van der Waals surface area contributed by atoms with E-state index in [4.69, 9.17) is 9.47 Å². The molecule has 0 unspecified atom stereocenters. The summed E-state index contributed by atoms with van der Waals surface area (Å²) in [6, 6.07) is 4.88. The van der Waals surface area contributed by atoms with Crippen molar-refractivity contribution < 1.29 is 17.9 Å². The van der Waals surface area contributed by atoms with Crippen molar-refractivity contribution in [3.05, 3.63) is 22.7 Å². The van der Waals surface area contributed by atoms with Gasteiger partial charge in [0.25, 0.3) is 0 Å². The number of nitrogens with one attached hydrogen (secondary N) is 1. The first-order valence-electron chi connectivity index (χ1n) is 6.31. The fourth-order valence-electron chi connectivity index (χ4n) is 2.19. The van der Waals surface area contributed by atoms with Crippen LogP contribution in [-0.4, -0.2) is 34.8 Å². The number of hydrogen-bond acceptors (Lipinski definition) is 4. The van der Waals surface area contributed by atoms with E-state index in [2.05, 4.69) is 20.7 Å². The van der Waals surface area contributed by atoms with Crippen LogP contribution in [0.4, 0.5) is 0 Å². The fraction of sp³-hybridized carbons (Fsp3) is 0.538. The molecule has 1 fully saturated rings. The molecule has 0 aliphatic heterocycles. The average Bonchev–Trinajstić information content (AvgIpc) is 2.38. The number of rotatable bonds is 6. The molecule has 1 aromatic carbocycles. The summed E-state index contributed by atoms with van der Waals surface area (Å²) in [4.78, 5) is 0.125. The van der Waals surface area contributed by atoms with Crippen molar-refractivity contribution in [1.82, 2.24) is 4.72 Å². The number of hydrogen-bond donors (Lipinski definition) is 1. The second-order valence-electron chi connectivity index (χ2n) is 4.86. The Morgan fingerprint density at radius 1 is 1.35 bits per heavy atom. The lowest BCUT2D eigenvalue weighted by atomic mass is 9.80. The molecule has 0 spiro atoms. The Hall–Kier alpha value is -0.630. The smallest absolute Gasteiger partial charge is 0.244 e. The van der Waals surface area contributed by atoms with Gasteiger partial charge in [-0.15, -0.1) is 0 Å². The molecule has 0 bridgehead atoms. The summed E-state index contributed by atoms with van der Waals surface area (Å²) in [5, 5.41) is 0. The predicted octanol–water partition coefficient (Wildman–Crippen LogP) is 2.31. The fourth-order valence-corrected chi connectivity index (χ4v) is 4.01. The van der Waals surface area contributed by atoms with Crippen molar-refractivity contribution in [2.75, 3.05) is 20.8 Å². The van der Waals surface area contributed by atoms with Crippen LogP contribution in [0.5, 0.6) is 5.75 Å². The standard InChI is InChI=1S/C13H18BrNO4S/c1-18-11-5-4-10(14)8-12(11)20(16,17)15-9-13(19-2)6-3-7-13/h4-5,8,15H,3,6-7,9H2,1-2H3. The van der Waals surface area contributed by atoms with Crippen LogP contribution in [0.1, 0.15) is 19.3 Å². The minimum atomic E-state index is -3.63. The van der Waals surface area contributed by atoms with Crippen LogP contribution in [-0.2, 0) is 14.8 Å². The van der Waals surface area contributed by atoms with E-state index >= 15 is 0 Å². The maximum Gasteiger partial charge on any atom is 0.244 e. The van der Waals surface area contributed by atoms with Crippen LogP contribution in [0.2, 0.25) is 0 Å². The first-order valence-corrected chi connectivity index (χ1v) is 8.58. The lowest BCUT2D eigenvalue weighted by Crippen LogP contribution is -2.49. The van der Waals surface area contributed by atoms with Crippen LogP contribution in [0.3, 0.4) is 0 Å². The molecule has 20 heavy (non-hydrogen) atoms. The largest absolute Gasteiger partial charge is 0.495 e. The summed E-state index contributed by atoms with van der Waals surface area (Å²) >= 11 is 3.27. The normalized spacial score (nSPS) is 17.6. The first kappa shape index (κ1) is 15.8.